The summed E-state index contributed by atoms with van der Waals surface area (Å²) in [5.41, 5.74) is 4.30. The van der Waals surface area contributed by atoms with E-state index in [9.17, 15) is 9.59 Å². The van der Waals surface area contributed by atoms with Crippen LogP contribution in [0, 0.1) is 5.92 Å². The largest absolute Gasteiger partial charge is 0.444 e. The fourth-order valence-electron chi connectivity index (χ4n) is 5.39. The number of pyridine rings is 1. The number of carbonyl (C=O) groups excluding carboxylic acids is 2. The second-order valence-corrected chi connectivity index (χ2v) is 10.3. The number of benzene rings is 1. The number of ether oxygens (including phenoxy) is 1. The average Bonchev–Trinajstić information content (AvgIpc) is 3.76. The topological polar surface area (TPSA) is 78.0 Å². The molecule has 1 unspecified atom stereocenters. The fraction of sp³-hybridized carbons (Fsp3) is 0.483. The minimum atomic E-state index is -0.315. The predicted molar refractivity (Wildman–Crippen MR) is 144 cm³/mol. The van der Waals surface area contributed by atoms with Crippen molar-refractivity contribution in [3.63, 3.8) is 0 Å². The molecule has 1 aliphatic carbocycles. The molecule has 196 valence electrons. The van der Waals surface area contributed by atoms with Gasteiger partial charge in [0.25, 0.3) is 0 Å². The molecule has 5 rings (SSSR count). The van der Waals surface area contributed by atoms with Crippen LogP contribution in [0.25, 0.3) is 0 Å². The number of hydrogen-bond donors (Lipinski definition) is 1. The number of anilines is 2. The molecule has 1 aromatic carbocycles. The standard InChI is InChI=1S/C29H37N5O3/c1-4-28(35)33-14-12-32(13-15-33)25(16-21-6-7-21)23-10-8-22(9-11-23)20(3)31-27-17-26-24(18-30-27)19-37-29(36)34(26)5-2/h4,8-11,17-18,20-21,25H,1,5-7,12-16,19H2,2-3H3,(H,30,31)/t20-,25?/m0/s1. The van der Waals surface area contributed by atoms with Crippen LogP contribution < -0.4 is 10.2 Å². The lowest BCUT2D eigenvalue weighted by Crippen LogP contribution is -2.49. The van der Waals surface area contributed by atoms with E-state index >= 15 is 0 Å². The summed E-state index contributed by atoms with van der Waals surface area (Å²) in [7, 11) is 0. The van der Waals surface area contributed by atoms with Crippen LogP contribution in [-0.4, -0.2) is 59.5 Å². The highest BCUT2D eigenvalue weighted by Crippen LogP contribution is 2.40. The van der Waals surface area contributed by atoms with E-state index in [1.165, 1.54) is 36.5 Å². The Morgan fingerprint density at radius 3 is 2.54 bits per heavy atom. The van der Waals surface area contributed by atoms with E-state index < -0.39 is 0 Å². The van der Waals surface area contributed by atoms with Gasteiger partial charge >= 0.3 is 6.09 Å². The molecule has 2 aromatic rings. The molecule has 37 heavy (non-hydrogen) atoms. The third-order valence-electron chi connectivity index (χ3n) is 7.82. The number of fused-ring (bicyclic) bond motifs is 1. The number of carbonyl (C=O) groups is 2. The monoisotopic (exact) mass is 503 g/mol. The van der Waals surface area contributed by atoms with Gasteiger partial charge in [-0.15, -0.1) is 0 Å². The summed E-state index contributed by atoms with van der Waals surface area (Å²) in [5, 5.41) is 3.50. The van der Waals surface area contributed by atoms with E-state index in [0.717, 1.165) is 49.2 Å². The van der Waals surface area contributed by atoms with Gasteiger partial charge in [-0.3, -0.25) is 14.6 Å². The molecule has 1 saturated carbocycles. The number of hydrogen-bond acceptors (Lipinski definition) is 6. The lowest BCUT2D eigenvalue weighted by atomic mass is 9.96. The van der Waals surface area contributed by atoms with Crippen molar-refractivity contribution in [3.8, 4) is 0 Å². The summed E-state index contributed by atoms with van der Waals surface area (Å²) in [6, 6.07) is 11.3. The number of cyclic esters (lactones) is 1. The maximum atomic E-state index is 12.1. The Labute approximate surface area is 219 Å². The van der Waals surface area contributed by atoms with Crippen molar-refractivity contribution in [1.82, 2.24) is 14.8 Å². The van der Waals surface area contributed by atoms with Crippen molar-refractivity contribution in [2.75, 3.05) is 42.9 Å². The number of rotatable bonds is 9. The molecule has 1 saturated heterocycles. The molecular weight excluding hydrogens is 466 g/mol. The smallest absolute Gasteiger partial charge is 0.414 e. The number of nitrogens with one attached hydrogen (secondary N) is 1. The number of amides is 2. The second kappa shape index (κ2) is 10.9. The highest BCUT2D eigenvalue weighted by Gasteiger charge is 2.32. The second-order valence-electron chi connectivity index (χ2n) is 10.3. The van der Waals surface area contributed by atoms with Crippen LogP contribution in [0.2, 0.25) is 0 Å². The van der Waals surface area contributed by atoms with Gasteiger partial charge in [-0.1, -0.05) is 43.7 Å². The van der Waals surface area contributed by atoms with Gasteiger partial charge < -0.3 is 15.0 Å². The Bertz CT molecular complexity index is 1140. The molecule has 0 spiro atoms. The number of piperazine rings is 1. The van der Waals surface area contributed by atoms with Gasteiger partial charge in [0.15, 0.2) is 0 Å². The van der Waals surface area contributed by atoms with Crippen molar-refractivity contribution < 1.29 is 14.3 Å². The fourth-order valence-corrected chi connectivity index (χ4v) is 5.39. The van der Waals surface area contributed by atoms with Gasteiger partial charge in [0.2, 0.25) is 5.91 Å². The lowest BCUT2D eigenvalue weighted by Gasteiger charge is -2.39. The van der Waals surface area contributed by atoms with Crippen molar-refractivity contribution in [2.24, 2.45) is 5.92 Å². The van der Waals surface area contributed by atoms with Crippen LogP contribution >= 0.6 is 0 Å². The minimum Gasteiger partial charge on any atom is -0.444 e. The van der Waals surface area contributed by atoms with E-state index in [4.69, 9.17) is 4.74 Å². The zero-order chi connectivity index (χ0) is 25.9. The zero-order valence-electron chi connectivity index (χ0n) is 21.9. The summed E-state index contributed by atoms with van der Waals surface area (Å²) in [5.74, 6) is 1.58. The van der Waals surface area contributed by atoms with E-state index in [1.54, 1.807) is 11.1 Å². The number of nitrogens with zero attached hydrogens (tertiary/aromatic N) is 4. The van der Waals surface area contributed by atoms with Gasteiger partial charge in [-0.05, 0) is 43.4 Å². The van der Waals surface area contributed by atoms with Crippen molar-refractivity contribution in [1.29, 1.82) is 0 Å². The Balaban J connectivity index is 1.26. The molecule has 3 aliphatic rings. The van der Waals surface area contributed by atoms with Crippen LogP contribution in [-0.2, 0) is 16.1 Å². The van der Waals surface area contributed by atoms with Crippen LogP contribution in [0.5, 0.6) is 0 Å². The van der Waals surface area contributed by atoms with Crippen LogP contribution in [0.15, 0.2) is 49.2 Å². The van der Waals surface area contributed by atoms with Crippen molar-refractivity contribution in [2.45, 2.75) is 51.8 Å². The maximum Gasteiger partial charge on any atom is 0.414 e. The average molecular weight is 504 g/mol. The molecule has 8 nitrogen and oxygen atoms in total. The molecular formula is C29H37N5O3. The summed E-state index contributed by atoms with van der Waals surface area (Å²) in [6.07, 6.45) is 6.71. The first-order valence-corrected chi connectivity index (χ1v) is 13.4. The molecule has 1 N–H and O–H groups in total. The summed E-state index contributed by atoms with van der Waals surface area (Å²) < 4.78 is 5.22. The SMILES string of the molecule is C=CC(=O)N1CCN(C(CC2CC2)c2ccc([C@H](C)Nc3cc4c(cn3)COC(=O)N4CC)cc2)CC1. The van der Waals surface area contributed by atoms with Crippen molar-refractivity contribution >= 4 is 23.5 Å². The Morgan fingerprint density at radius 2 is 1.89 bits per heavy atom. The molecule has 2 aliphatic heterocycles. The summed E-state index contributed by atoms with van der Waals surface area (Å²) in [4.78, 5) is 34.7. The molecule has 0 bridgehead atoms. The minimum absolute atomic E-state index is 0.0278. The van der Waals surface area contributed by atoms with Gasteiger partial charge in [-0.2, -0.15) is 0 Å². The highest BCUT2D eigenvalue weighted by molar-refractivity contribution is 5.90. The van der Waals surface area contributed by atoms with Gasteiger partial charge in [0, 0.05) is 62.6 Å². The Hall–Kier alpha value is -3.39. The Morgan fingerprint density at radius 1 is 1.19 bits per heavy atom. The first-order chi connectivity index (χ1) is 18.0. The van der Waals surface area contributed by atoms with Crippen LogP contribution in [0.3, 0.4) is 0 Å². The molecule has 2 amide bonds. The maximum absolute atomic E-state index is 12.1. The van der Waals surface area contributed by atoms with E-state index in [1.807, 2.05) is 17.9 Å². The third-order valence-corrected chi connectivity index (χ3v) is 7.82. The molecule has 1 aromatic heterocycles. The van der Waals surface area contributed by atoms with Gasteiger partial charge in [0.05, 0.1) is 5.69 Å². The lowest BCUT2D eigenvalue weighted by molar-refractivity contribution is -0.128. The first kappa shape index (κ1) is 25.3. The van der Waals surface area contributed by atoms with Gasteiger partial charge in [-0.25, -0.2) is 9.78 Å². The predicted octanol–water partition coefficient (Wildman–Crippen LogP) is 4.90. The van der Waals surface area contributed by atoms with Crippen molar-refractivity contribution in [3.05, 3.63) is 65.9 Å². The quantitative estimate of drug-likeness (QED) is 0.491. The normalized spacial score (nSPS) is 19.6. The first-order valence-electron chi connectivity index (χ1n) is 13.4. The van der Waals surface area contributed by atoms with Crippen LogP contribution in [0.1, 0.15) is 61.9 Å². The van der Waals surface area contributed by atoms with E-state index in [0.29, 0.717) is 12.6 Å². The molecule has 0 radical (unpaired) electrons. The number of aromatic nitrogens is 1. The van der Waals surface area contributed by atoms with Gasteiger partial charge in [0.1, 0.15) is 12.4 Å². The third kappa shape index (κ3) is 5.64. The molecule has 8 heteroatoms. The zero-order valence-corrected chi connectivity index (χ0v) is 21.9. The molecule has 2 fully saturated rings. The van der Waals surface area contributed by atoms with Crippen LogP contribution in [0.4, 0.5) is 16.3 Å². The summed E-state index contributed by atoms with van der Waals surface area (Å²) in [6.45, 7) is 11.8. The van der Waals surface area contributed by atoms with E-state index in [-0.39, 0.29) is 24.6 Å². The highest BCUT2D eigenvalue weighted by atomic mass is 16.6. The Kier molecular flexibility index (Phi) is 7.46. The molecule has 3 heterocycles. The summed E-state index contributed by atoms with van der Waals surface area (Å²) >= 11 is 0. The van der Waals surface area contributed by atoms with E-state index in [2.05, 4.69) is 53.0 Å². The molecule has 2 atom stereocenters.